The number of aromatic nitrogens is 1. The first-order chi connectivity index (χ1) is 8.54. The summed E-state index contributed by atoms with van der Waals surface area (Å²) in [7, 11) is -3.54. The summed E-state index contributed by atoms with van der Waals surface area (Å²) in [6, 6.07) is 9.35. The molecule has 2 aromatic rings. The third kappa shape index (κ3) is 2.34. The van der Waals surface area contributed by atoms with Crippen LogP contribution in [-0.4, -0.2) is 13.4 Å². The van der Waals surface area contributed by atoms with Crippen LogP contribution in [0.1, 0.15) is 5.56 Å². The van der Waals surface area contributed by atoms with Crippen molar-refractivity contribution in [3.05, 3.63) is 48.2 Å². The molecule has 0 bridgehead atoms. The van der Waals surface area contributed by atoms with Gasteiger partial charge in [-0.1, -0.05) is 12.1 Å². The van der Waals surface area contributed by atoms with E-state index < -0.39 is 9.84 Å². The molecule has 0 atom stereocenters. The molecule has 0 unspecified atom stereocenters. The van der Waals surface area contributed by atoms with Gasteiger partial charge in [0.25, 0.3) is 0 Å². The summed E-state index contributed by atoms with van der Waals surface area (Å²) in [4.78, 5) is 4.12. The SMILES string of the molecule is NCc1ccc(S(=O)(=O)c2ccc(N)nc2)cc1. The molecular weight excluding hydrogens is 250 g/mol. The van der Waals surface area contributed by atoms with Gasteiger partial charge in [0.1, 0.15) is 5.82 Å². The Bertz CT molecular complexity index is 634. The first-order valence-electron chi connectivity index (χ1n) is 5.29. The number of rotatable bonds is 3. The minimum atomic E-state index is -3.54. The Balaban J connectivity index is 2.44. The van der Waals surface area contributed by atoms with E-state index in [4.69, 9.17) is 11.5 Å². The molecule has 0 aliphatic rings. The summed E-state index contributed by atoms with van der Waals surface area (Å²) in [5.41, 5.74) is 11.8. The zero-order valence-corrected chi connectivity index (χ0v) is 10.4. The summed E-state index contributed by atoms with van der Waals surface area (Å²) < 4.78 is 24.5. The maximum atomic E-state index is 12.2. The molecule has 1 aromatic carbocycles. The van der Waals surface area contributed by atoms with Crippen molar-refractivity contribution in [3.63, 3.8) is 0 Å². The van der Waals surface area contributed by atoms with Crippen LogP contribution in [-0.2, 0) is 16.4 Å². The topological polar surface area (TPSA) is 99.1 Å². The Hall–Kier alpha value is -1.92. The van der Waals surface area contributed by atoms with E-state index in [-0.39, 0.29) is 15.6 Å². The molecule has 4 N–H and O–H groups in total. The molecule has 0 aliphatic carbocycles. The smallest absolute Gasteiger partial charge is 0.208 e. The van der Waals surface area contributed by atoms with Crippen LogP contribution in [0.25, 0.3) is 0 Å². The second-order valence-electron chi connectivity index (χ2n) is 3.77. The molecule has 0 aliphatic heterocycles. The van der Waals surface area contributed by atoms with Crippen LogP contribution in [0.2, 0.25) is 0 Å². The van der Waals surface area contributed by atoms with Crippen LogP contribution in [0.5, 0.6) is 0 Å². The van der Waals surface area contributed by atoms with Crippen molar-refractivity contribution in [2.75, 3.05) is 5.73 Å². The second kappa shape index (κ2) is 4.75. The van der Waals surface area contributed by atoms with E-state index in [0.717, 1.165) is 5.56 Å². The molecule has 0 radical (unpaired) electrons. The summed E-state index contributed by atoms with van der Waals surface area (Å²) in [6.07, 6.45) is 1.25. The lowest BCUT2D eigenvalue weighted by Crippen LogP contribution is -2.04. The predicted molar refractivity (Wildman–Crippen MR) is 68.4 cm³/mol. The Morgan fingerprint density at radius 1 is 1.00 bits per heavy atom. The highest BCUT2D eigenvalue weighted by Gasteiger charge is 2.17. The zero-order chi connectivity index (χ0) is 13.2. The Labute approximate surface area is 105 Å². The maximum absolute atomic E-state index is 12.2. The van der Waals surface area contributed by atoms with Crippen LogP contribution in [0.4, 0.5) is 5.82 Å². The molecule has 2 rings (SSSR count). The van der Waals surface area contributed by atoms with Crippen molar-refractivity contribution in [2.24, 2.45) is 5.73 Å². The number of pyridine rings is 1. The summed E-state index contributed by atoms with van der Waals surface area (Å²) in [6.45, 7) is 0.379. The predicted octanol–water partition coefficient (Wildman–Crippen LogP) is 0.955. The largest absolute Gasteiger partial charge is 0.384 e. The van der Waals surface area contributed by atoms with Gasteiger partial charge in [-0.3, -0.25) is 0 Å². The summed E-state index contributed by atoms with van der Waals surface area (Å²) in [5.74, 6) is 0.285. The van der Waals surface area contributed by atoms with Crippen LogP contribution in [0.3, 0.4) is 0 Å². The first-order valence-corrected chi connectivity index (χ1v) is 6.78. The number of anilines is 1. The minimum absolute atomic E-state index is 0.122. The lowest BCUT2D eigenvalue weighted by Gasteiger charge is -2.05. The molecule has 1 aromatic heterocycles. The number of nitrogens with two attached hydrogens (primary N) is 2. The van der Waals surface area contributed by atoms with Crippen LogP contribution in [0.15, 0.2) is 52.4 Å². The molecule has 0 saturated carbocycles. The highest BCUT2D eigenvalue weighted by atomic mass is 32.2. The van der Waals surface area contributed by atoms with Crippen LogP contribution >= 0.6 is 0 Å². The van der Waals surface area contributed by atoms with Gasteiger partial charge < -0.3 is 11.5 Å². The number of sulfone groups is 1. The van der Waals surface area contributed by atoms with Gasteiger partial charge >= 0.3 is 0 Å². The van der Waals surface area contributed by atoms with Crippen molar-refractivity contribution in [1.82, 2.24) is 4.98 Å². The highest BCUT2D eigenvalue weighted by molar-refractivity contribution is 7.91. The van der Waals surface area contributed by atoms with Crippen molar-refractivity contribution >= 4 is 15.7 Å². The standard InChI is InChI=1S/C12H13N3O2S/c13-7-9-1-3-10(4-2-9)18(16,17)11-5-6-12(14)15-8-11/h1-6,8H,7,13H2,(H2,14,15). The van der Waals surface area contributed by atoms with E-state index in [0.29, 0.717) is 6.54 Å². The lowest BCUT2D eigenvalue weighted by molar-refractivity contribution is 0.595. The number of nitrogen functional groups attached to an aromatic ring is 1. The molecule has 0 fully saturated rings. The molecule has 0 spiro atoms. The highest BCUT2D eigenvalue weighted by Crippen LogP contribution is 2.20. The number of nitrogens with zero attached hydrogens (tertiary/aromatic N) is 1. The van der Waals surface area contributed by atoms with Gasteiger partial charge in [-0.25, -0.2) is 13.4 Å². The fourth-order valence-electron chi connectivity index (χ4n) is 1.49. The average Bonchev–Trinajstić information content (AvgIpc) is 2.39. The quantitative estimate of drug-likeness (QED) is 0.859. The van der Waals surface area contributed by atoms with E-state index >= 15 is 0 Å². The number of hydrogen-bond acceptors (Lipinski definition) is 5. The van der Waals surface area contributed by atoms with Gasteiger partial charge in [0.2, 0.25) is 9.84 Å². The molecular formula is C12H13N3O2S. The molecule has 5 nitrogen and oxygen atoms in total. The fourth-order valence-corrected chi connectivity index (χ4v) is 2.70. The van der Waals surface area contributed by atoms with Gasteiger partial charge in [0.15, 0.2) is 0 Å². The zero-order valence-electron chi connectivity index (χ0n) is 9.58. The Kier molecular flexibility index (Phi) is 3.31. The number of hydrogen-bond donors (Lipinski definition) is 2. The van der Waals surface area contributed by atoms with E-state index in [2.05, 4.69) is 4.98 Å². The Morgan fingerprint density at radius 2 is 1.61 bits per heavy atom. The van der Waals surface area contributed by atoms with E-state index in [1.807, 2.05) is 0 Å². The van der Waals surface area contributed by atoms with Crippen molar-refractivity contribution in [1.29, 1.82) is 0 Å². The van der Waals surface area contributed by atoms with Crippen molar-refractivity contribution in [3.8, 4) is 0 Å². The van der Waals surface area contributed by atoms with Gasteiger partial charge in [-0.2, -0.15) is 0 Å². The van der Waals surface area contributed by atoms with Crippen molar-refractivity contribution < 1.29 is 8.42 Å². The Morgan fingerprint density at radius 3 is 2.11 bits per heavy atom. The van der Waals surface area contributed by atoms with E-state index in [1.165, 1.54) is 30.5 Å². The lowest BCUT2D eigenvalue weighted by atomic mass is 10.2. The van der Waals surface area contributed by atoms with E-state index in [1.54, 1.807) is 12.1 Å². The molecule has 0 amide bonds. The van der Waals surface area contributed by atoms with E-state index in [9.17, 15) is 8.42 Å². The minimum Gasteiger partial charge on any atom is -0.384 e. The average molecular weight is 263 g/mol. The van der Waals surface area contributed by atoms with Gasteiger partial charge in [-0.15, -0.1) is 0 Å². The number of benzene rings is 1. The van der Waals surface area contributed by atoms with Gasteiger partial charge in [0.05, 0.1) is 9.79 Å². The molecule has 0 saturated heterocycles. The second-order valence-corrected chi connectivity index (χ2v) is 5.72. The fraction of sp³-hybridized carbons (Fsp3) is 0.0833. The third-order valence-corrected chi connectivity index (χ3v) is 4.29. The monoisotopic (exact) mass is 263 g/mol. The normalized spacial score (nSPS) is 11.4. The summed E-state index contributed by atoms with van der Waals surface area (Å²) in [5, 5.41) is 0. The maximum Gasteiger partial charge on any atom is 0.208 e. The van der Waals surface area contributed by atoms with Gasteiger partial charge in [-0.05, 0) is 29.8 Å². The molecule has 1 heterocycles. The third-order valence-electron chi connectivity index (χ3n) is 2.54. The van der Waals surface area contributed by atoms with Gasteiger partial charge in [0, 0.05) is 12.7 Å². The van der Waals surface area contributed by atoms with Crippen LogP contribution in [0, 0.1) is 0 Å². The molecule has 18 heavy (non-hydrogen) atoms. The molecule has 94 valence electrons. The van der Waals surface area contributed by atoms with Crippen LogP contribution < -0.4 is 11.5 Å². The van der Waals surface area contributed by atoms with Crippen molar-refractivity contribution in [2.45, 2.75) is 16.3 Å². The summed E-state index contributed by atoms with van der Waals surface area (Å²) >= 11 is 0. The first kappa shape index (κ1) is 12.5. The molecule has 6 heteroatoms.